The van der Waals surface area contributed by atoms with Gasteiger partial charge >= 0.3 is 6.18 Å². The lowest BCUT2D eigenvalue weighted by molar-refractivity contribution is -0.137. The summed E-state index contributed by atoms with van der Waals surface area (Å²) in [5.41, 5.74) is 0.226. The molecule has 1 aromatic rings. The maximum absolute atomic E-state index is 12.4. The molecule has 0 saturated carbocycles. The standard InChI is InChI=1S/C13H16F3NO/c1-17-7-10(6-12(18)8-17)9-2-4-11(5-3-9)13(14,15)16/h2-5,10,12,18H,6-8H2,1H3/t10-,12+/m0/s1. The molecule has 1 saturated heterocycles. The lowest BCUT2D eigenvalue weighted by atomic mass is 9.89. The number of hydrogen-bond donors (Lipinski definition) is 1. The Bertz CT molecular complexity index is 392. The fourth-order valence-electron chi connectivity index (χ4n) is 2.47. The van der Waals surface area contributed by atoms with E-state index in [1.54, 1.807) is 0 Å². The van der Waals surface area contributed by atoms with Gasteiger partial charge in [-0.05, 0) is 37.1 Å². The van der Waals surface area contributed by atoms with Gasteiger partial charge in [0, 0.05) is 13.1 Å². The fourth-order valence-corrected chi connectivity index (χ4v) is 2.47. The first-order chi connectivity index (χ1) is 8.36. The molecule has 1 N–H and O–H groups in total. The second-order valence-corrected chi connectivity index (χ2v) is 4.93. The summed E-state index contributed by atoms with van der Waals surface area (Å²) in [6.07, 6.45) is -4.09. The van der Waals surface area contributed by atoms with E-state index in [-0.39, 0.29) is 5.92 Å². The largest absolute Gasteiger partial charge is 0.416 e. The van der Waals surface area contributed by atoms with Crippen molar-refractivity contribution in [1.82, 2.24) is 4.90 Å². The monoisotopic (exact) mass is 259 g/mol. The molecule has 0 spiro atoms. The molecule has 0 unspecified atom stereocenters. The van der Waals surface area contributed by atoms with Crippen LogP contribution >= 0.6 is 0 Å². The molecule has 5 heteroatoms. The highest BCUT2D eigenvalue weighted by molar-refractivity contribution is 5.27. The van der Waals surface area contributed by atoms with Gasteiger partial charge in [-0.3, -0.25) is 0 Å². The van der Waals surface area contributed by atoms with Crippen molar-refractivity contribution in [2.24, 2.45) is 0 Å². The van der Waals surface area contributed by atoms with E-state index in [0.717, 1.165) is 24.2 Å². The van der Waals surface area contributed by atoms with Crippen LogP contribution in [0.1, 0.15) is 23.5 Å². The van der Waals surface area contributed by atoms with Gasteiger partial charge in [-0.15, -0.1) is 0 Å². The first-order valence-electron chi connectivity index (χ1n) is 5.90. The van der Waals surface area contributed by atoms with Crippen LogP contribution < -0.4 is 0 Å². The van der Waals surface area contributed by atoms with E-state index in [2.05, 4.69) is 0 Å². The van der Waals surface area contributed by atoms with Gasteiger partial charge in [0.2, 0.25) is 0 Å². The van der Waals surface area contributed by atoms with Crippen molar-refractivity contribution < 1.29 is 18.3 Å². The number of rotatable bonds is 1. The summed E-state index contributed by atoms with van der Waals surface area (Å²) in [7, 11) is 1.90. The van der Waals surface area contributed by atoms with Crippen molar-refractivity contribution in [2.75, 3.05) is 20.1 Å². The van der Waals surface area contributed by atoms with E-state index in [1.807, 2.05) is 11.9 Å². The average molecular weight is 259 g/mol. The van der Waals surface area contributed by atoms with Crippen LogP contribution in [-0.2, 0) is 6.18 Å². The minimum absolute atomic E-state index is 0.0982. The summed E-state index contributed by atoms with van der Waals surface area (Å²) in [5.74, 6) is 0.0982. The molecule has 0 aliphatic carbocycles. The number of aliphatic hydroxyl groups excluding tert-OH is 1. The SMILES string of the molecule is CN1C[C@H](O)C[C@H](c2ccc(C(F)(F)F)cc2)C1. The van der Waals surface area contributed by atoms with Gasteiger partial charge in [0.15, 0.2) is 0 Å². The number of likely N-dealkylation sites (N-methyl/N-ethyl adjacent to an activating group) is 1. The van der Waals surface area contributed by atoms with Crippen LogP contribution in [0.15, 0.2) is 24.3 Å². The van der Waals surface area contributed by atoms with Gasteiger partial charge < -0.3 is 10.0 Å². The molecule has 2 nitrogen and oxygen atoms in total. The van der Waals surface area contributed by atoms with Gasteiger partial charge in [-0.25, -0.2) is 0 Å². The molecule has 0 bridgehead atoms. The molecule has 1 heterocycles. The van der Waals surface area contributed by atoms with E-state index in [1.165, 1.54) is 12.1 Å². The van der Waals surface area contributed by atoms with Gasteiger partial charge in [0.1, 0.15) is 0 Å². The Morgan fingerprint density at radius 2 is 1.78 bits per heavy atom. The van der Waals surface area contributed by atoms with Crippen molar-refractivity contribution in [1.29, 1.82) is 0 Å². The third kappa shape index (κ3) is 3.03. The number of hydrogen-bond acceptors (Lipinski definition) is 2. The van der Waals surface area contributed by atoms with Crippen molar-refractivity contribution in [3.63, 3.8) is 0 Å². The van der Waals surface area contributed by atoms with Crippen molar-refractivity contribution in [3.05, 3.63) is 35.4 Å². The van der Waals surface area contributed by atoms with Gasteiger partial charge in [0.25, 0.3) is 0 Å². The van der Waals surface area contributed by atoms with Crippen LogP contribution in [0.25, 0.3) is 0 Å². The summed E-state index contributed by atoms with van der Waals surface area (Å²) in [4.78, 5) is 2.00. The Labute approximate surface area is 104 Å². The Kier molecular flexibility index (Phi) is 3.64. The minimum atomic E-state index is -4.29. The highest BCUT2D eigenvalue weighted by atomic mass is 19.4. The molecule has 0 radical (unpaired) electrons. The normalized spacial score (nSPS) is 26.3. The van der Waals surface area contributed by atoms with Crippen LogP contribution in [0.3, 0.4) is 0 Å². The first kappa shape index (κ1) is 13.4. The van der Waals surface area contributed by atoms with Crippen molar-refractivity contribution in [3.8, 4) is 0 Å². The quantitative estimate of drug-likeness (QED) is 0.837. The Morgan fingerprint density at radius 3 is 2.28 bits per heavy atom. The first-order valence-corrected chi connectivity index (χ1v) is 5.90. The lowest BCUT2D eigenvalue weighted by Crippen LogP contribution is -2.39. The minimum Gasteiger partial charge on any atom is -0.392 e. The van der Waals surface area contributed by atoms with E-state index in [9.17, 15) is 18.3 Å². The molecule has 1 aromatic carbocycles. The molecular weight excluding hydrogens is 243 g/mol. The average Bonchev–Trinajstić information content (AvgIpc) is 2.27. The Balaban J connectivity index is 2.14. The number of piperidine rings is 1. The zero-order valence-electron chi connectivity index (χ0n) is 10.1. The zero-order valence-corrected chi connectivity index (χ0v) is 10.1. The number of aliphatic hydroxyl groups is 1. The van der Waals surface area contributed by atoms with Gasteiger partial charge in [-0.1, -0.05) is 12.1 Å². The summed E-state index contributed by atoms with van der Waals surface area (Å²) < 4.78 is 37.3. The predicted octanol–water partition coefficient (Wildman–Crippen LogP) is 2.49. The molecule has 100 valence electrons. The number of β-amino-alcohol motifs (C(OH)–C–C–N with tert-alkyl or cyclic N) is 1. The molecule has 1 aliphatic rings. The van der Waals surface area contributed by atoms with E-state index < -0.39 is 17.8 Å². The smallest absolute Gasteiger partial charge is 0.392 e. The lowest BCUT2D eigenvalue weighted by Gasteiger charge is -2.33. The Morgan fingerprint density at radius 1 is 1.17 bits per heavy atom. The van der Waals surface area contributed by atoms with Gasteiger partial charge in [-0.2, -0.15) is 13.2 Å². The maximum Gasteiger partial charge on any atom is 0.416 e. The summed E-state index contributed by atoms with van der Waals surface area (Å²) >= 11 is 0. The summed E-state index contributed by atoms with van der Waals surface area (Å²) in [6.45, 7) is 1.39. The van der Waals surface area contributed by atoms with E-state index in [0.29, 0.717) is 13.0 Å². The number of halogens is 3. The maximum atomic E-state index is 12.4. The number of likely N-dealkylation sites (tertiary alicyclic amines) is 1. The van der Waals surface area contributed by atoms with Crippen molar-refractivity contribution in [2.45, 2.75) is 24.6 Å². The highest BCUT2D eigenvalue weighted by Gasteiger charge is 2.31. The van der Waals surface area contributed by atoms with E-state index >= 15 is 0 Å². The third-order valence-electron chi connectivity index (χ3n) is 3.32. The van der Waals surface area contributed by atoms with Gasteiger partial charge in [0.05, 0.1) is 11.7 Å². The topological polar surface area (TPSA) is 23.5 Å². The molecule has 0 aromatic heterocycles. The molecule has 18 heavy (non-hydrogen) atoms. The molecular formula is C13H16F3NO. The zero-order chi connectivity index (χ0) is 13.3. The van der Waals surface area contributed by atoms with Crippen LogP contribution in [0.5, 0.6) is 0 Å². The highest BCUT2D eigenvalue weighted by Crippen LogP contribution is 2.32. The molecule has 1 fully saturated rings. The van der Waals surface area contributed by atoms with E-state index in [4.69, 9.17) is 0 Å². The molecule has 0 amide bonds. The van der Waals surface area contributed by atoms with Crippen molar-refractivity contribution >= 4 is 0 Å². The van der Waals surface area contributed by atoms with Crippen LogP contribution in [0.4, 0.5) is 13.2 Å². The molecule has 2 rings (SSSR count). The predicted molar refractivity (Wildman–Crippen MR) is 62.3 cm³/mol. The summed E-state index contributed by atoms with van der Waals surface area (Å²) in [5, 5.41) is 9.67. The fraction of sp³-hybridized carbons (Fsp3) is 0.538. The number of benzene rings is 1. The molecule has 2 atom stereocenters. The second-order valence-electron chi connectivity index (χ2n) is 4.93. The Hall–Kier alpha value is -1.07. The third-order valence-corrected chi connectivity index (χ3v) is 3.32. The second kappa shape index (κ2) is 4.90. The van der Waals surface area contributed by atoms with Crippen LogP contribution in [0, 0.1) is 0 Å². The van der Waals surface area contributed by atoms with Crippen LogP contribution in [-0.4, -0.2) is 36.2 Å². The van der Waals surface area contributed by atoms with Crippen LogP contribution in [0.2, 0.25) is 0 Å². The number of nitrogens with zero attached hydrogens (tertiary/aromatic N) is 1. The summed E-state index contributed by atoms with van der Waals surface area (Å²) in [6, 6.07) is 5.24. The molecule has 1 aliphatic heterocycles. The number of alkyl halides is 3.